The maximum absolute atomic E-state index is 12.0. The van der Waals surface area contributed by atoms with E-state index in [1.54, 1.807) is 11.8 Å². The van der Waals surface area contributed by atoms with Gasteiger partial charge in [-0.15, -0.1) is 11.8 Å². The number of amides is 1. The van der Waals surface area contributed by atoms with Crippen LogP contribution in [-0.2, 0) is 17.6 Å². The summed E-state index contributed by atoms with van der Waals surface area (Å²) in [6, 6.07) is 10.1. The van der Waals surface area contributed by atoms with Crippen LogP contribution in [0.3, 0.4) is 0 Å². The first kappa shape index (κ1) is 14.2. The van der Waals surface area contributed by atoms with Gasteiger partial charge in [-0.3, -0.25) is 10.1 Å². The van der Waals surface area contributed by atoms with Gasteiger partial charge in [0.2, 0.25) is 11.8 Å². The van der Waals surface area contributed by atoms with Crippen molar-refractivity contribution in [2.75, 3.05) is 11.1 Å². The molecule has 0 unspecified atom stereocenters. The molecule has 1 aliphatic rings. The lowest BCUT2D eigenvalue weighted by molar-refractivity contribution is -0.115. The van der Waals surface area contributed by atoms with Crippen molar-refractivity contribution in [1.82, 2.24) is 5.16 Å². The molecule has 0 radical (unpaired) electrons. The van der Waals surface area contributed by atoms with Crippen LogP contribution in [0, 0.1) is 0 Å². The summed E-state index contributed by atoms with van der Waals surface area (Å²) in [5, 5.41) is 6.90. The van der Waals surface area contributed by atoms with E-state index in [9.17, 15) is 4.79 Å². The first-order valence-electron chi connectivity index (χ1n) is 7.28. The SMILES string of the molecule is O=C(CCSc1ccccc1)Nc1onc2c1CCCC2. The summed E-state index contributed by atoms with van der Waals surface area (Å²) in [6.07, 6.45) is 4.67. The highest BCUT2D eigenvalue weighted by molar-refractivity contribution is 7.99. The number of benzene rings is 1. The summed E-state index contributed by atoms with van der Waals surface area (Å²) in [7, 11) is 0. The summed E-state index contributed by atoms with van der Waals surface area (Å²) in [5.41, 5.74) is 2.10. The second-order valence-electron chi connectivity index (χ2n) is 5.10. The largest absolute Gasteiger partial charge is 0.338 e. The van der Waals surface area contributed by atoms with E-state index in [0.717, 1.165) is 42.7 Å². The molecule has 1 amide bonds. The Hall–Kier alpha value is -1.75. The summed E-state index contributed by atoms with van der Waals surface area (Å²) >= 11 is 1.68. The van der Waals surface area contributed by atoms with E-state index in [2.05, 4.69) is 22.6 Å². The van der Waals surface area contributed by atoms with Crippen molar-refractivity contribution in [3.8, 4) is 0 Å². The normalized spacial score (nSPS) is 13.7. The van der Waals surface area contributed by atoms with Gasteiger partial charge < -0.3 is 4.52 Å². The van der Waals surface area contributed by atoms with Gasteiger partial charge in [0.1, 0.15) is 0 Å². The number of nitrogens with one attached hydrogen (secondary N) is 1. The third-order valence-corrected chi connectivity index (χ3v) is 4.57. The Morgan fingerprint density at radius 1 is 1.24 bits per heavy atom. The van der Waals surface area contributed by atoms with E-state index in [1.807, 2.05) is 18.2 Å². The molecular weight excluding hydrogens is 284 g/mol. The summed E-state index contributed by atoms with van der Waals surface area (Å²) < 4.78 is 5.26. The maximum Gasteiger partial charge on any atom is 0.234 e. The van der Waals surface area contributed by atoms with Crippen molar-refractivity contribution < 1.29 is 9.32 Å². The molecule has 0 aliphatic heterocycles. The van der Waals surface area contributed by atoms with Gasteiger partial charge in [0, 0.05) is 22.6 Å². The van der Waals surface area contributed by atoms with Crippen LogP contribution < -0.4 is 5.32 Å². The number of rotatable bonds is 5. The molecule has 110 valence electrons. The number of nitrogens with zero attached hydrogens (tertiary/aromatic N) is 1. The lowest BCUT2D eigenvalue weighted by Crippen LogP contribution is -2.13. The molecule has 1 aromatic carbocycles. The molecule has 0 saturated heterocycles. The molecular formula is C16H18N2O2S. The predicted octanol–water partition coefficient (Wildman–Crippen LogP) is 3.67. The smallest absolute Gasteiger partial charge is 0.234 e. The average molecular weight is 302 g/mol. The number of carbonyl (C=O) groups excluding carboxylic acids is 1. The molecule has 0 spiro atoms. The Morgan fingerprint density at radius 3 is 2.90 bits per heavy atom. The van der Waals surface area contributed by atoms with Crippen LogP contribution >= 0.6 is 11.8 Å². The van der Waals surface area contributed by atoms with Crippen LogP contribution in [0.4, 0.5) is 5.88 Å². The second kappa shape index (κ2) is 6.80. The minimum Gasteiger partial charge on any atom is -0.338 e. The molecule has 3 rings (SSSR count). The van der Waals surface area contributed by atoms with E-state index < -0.39 is 0 Å². The van der Waals surface area contributed by atoms with Gasteiger partial charge in [-0.2, -0.15) is 0 Å². The van der Waals surface area contributed by atoms with Gasteiger partial charge in [0.25, 0.3) is 0 Å². The minimum atomic E-state index is -0.0112. The van der Waals surface area contributed by atoms with E-state index in [1.165, 1.54) is 4.90 Å². The van der Waals surface area contributed by atoms with Crippen molar-refractivity contribution in [3.05, 3.63) is 41.6 Å². The van der Waals surface area contributed by atoms with Crippen molar-refractivity contribution in [2.45, 2.75) is 37.0 Å². The second-order valence-corrected chi connectivity index (χ2v) is 6.27. The van der Waals surface area contributed by atoms with Gasteiger partial charge in [-0.1, -0.05) is 23.4 Å². The lowest BCUT2D eigenvalue weighted by Gasteiger charge is -2.09. The van der Waals surface area contributed by atoms with Crippen molar-refractivity contribution in [1.29, 1.82) is 0 Å². The zero-order valence-corrected chi connectivity index (χ0v) is 12.6. The van der Waals surface area contributed by atoms with Crippen LogP contribution in [0.15, 0.2) is 39.8 Å². The quantitative estimate of drug-likeness (QED) is 0.856. The van der Waals surface area contributed by atoms with E-state index in [4.69, 9.17) is 4.52 Å². The highest BCUT2D eigenvalue weighted by Crippen LogP contribution is 2.27. The molecule has 1 aliphatic carbocycles. The Morgan fingerprint density at radius 2 is 2.05 bits per heavy atom. The van der Waals surface area contributed by atoms with Gasteiger partial charge >= 0.3 is 0 Å². The number of hydrogen-bond acceptors (Lipinski definition) is 4. The number of thioether (sulfide) groups is 1. The first-order chi connectivity index (χ1) is 10.3. The van der Waals surface area contributed by atoms with E-state index >= 15 is 0 Å². The highest BCUT2D eigenvalue weighted by atomic mass is 32.2. The molecule has 5 heteroatoms. The molecule has 0 saturated carbocycles. The molecule has 4 nitrogen and oxygen atoms in total. The van der Waals surface area contributed by atoms with Crippen LogP contribution in [0.25, 0.3) is 0 Å². The predicted molar refractivity (Wildman–Crippen MR) is 83.6 cm³/mol. The fraction of sp³-hybridized carbons (Fsp3) is 0.375. The fourth-order valence-electron chi connectivity index (χ4n) is 2.46. The molecule has 0 fully saturated rings. The summed E-state index contributed by atoms with van der Waals surface area (Å²) in [4.78, 5) is 13.2. The monoisotopic (exact) mass is 302 g/mol. The zero-order valence-electron chi connectivity index (χ0n) is 11.8. The van der Waals surface area contributed by atoms with Crippen LogP contribution in [-0.4, -0.2) is 16.8 Å². The summed E-state index contributed by atoms with van der Waals surface area (Å²) in [5.74, 6) is 1.30. The summed E-state index contributed by atoms with van der Waals surface area (Å²) in [6.45, 7) is 0. The molecule has 1 aromatic heterocycles. The third-order valence-electron chi connectivity index (χ3n) is 3.55. The molecule has 21 heavy (non-hydrogen) atoms. The lowest BCUT2D eigenvalue weighted by atomic mass is 9.98. The molecule has 1 heterocycles. The molecule has 0 atom stereocenters. The van der Waals surface area contributed by atoms with Crippen molar-refractivity contribution in [2.24, 2.45) is 0 Å². The fourth-order valence-corrected chi connectivity index (χ4v) is 3.33. The van der Waals surface area contributed by atoms with Crippen molar-refractivity contribution >= 4 is 23.6 Å². The number of hydrogen-bond donors (Lipinski definition) is 1. The number of aromatic nitrogens is 1. The van der Waals surface area contributed by atoms with Gasteiger partial charge in [0.15, 0.2) is 0 Å². The molecule has 1 N–H and O–H groups in total. The topological polar surface area (TPSA) is 55.1 Å². The number of anilines is 1. The Labute approximate surface area is 128 Å². The zero-order chi connectivity index (χ0) is 14.5. The Bertz CT molecular complexity index is 610. The first-order valence-corrected chi connectivity index (χ1v) is 8.26. The maximum atomic E-state index is 12.0. The molecule has 2 aromatic rings. The number of aryl methyl sites for hydroxylation is 1. The van der Waals surface area contributed by atoms with Gasteiger partial charge in [0.05, 0.1) is 5.69 Å². The Kier molecular flexibility index (Phi) is 4.60. The number of fused-ring (bicyclic) bond motifs is 1. The van der Waals surface area contributed by atoms with Crippen LogP contribution in [0.1, 0.15) is 30.5 Å². The van der Waals surface area contributed by atoms with Crippen molar-refractivity contribution in [3.63, 3.8) is 0 Å². The van der Waals surface area contributed by atoms with E-state index in [0.29, 0.717) is 12.3 Å². The van der Waals surface area contributed by atoms with Crippen LogP contribution in [0.2, 0.25) is 0 Å². The standard InChI is InChI=1S/C16H18N2O2S/c19-15(10-11-21-12-6-2-1-3-7-12)17-16-13-8-4-5-9-14(13)18-20-16/h1-3,6-7H,4-5,8-11H2,(H,17,19). The van der Waals surface area contributed by atoms with E-state index in [-0.39, 0.29) is 5.91 Å². The minimum absolute atomic E-state index is 0.0112. The molecule has 0 bridgehead atoms. The van der Waals surface area contributed by atoms with Gasteiger partial charge in [-0.25, -0.2) is 0 Å². The Balaban J connectivity index is 1.49. The average Bonchev–Trinajstić information content (AvgIpc) is 2.92. The van der Waals surface area contributed by atoms with Crippen LogP contribution in [0.5, 0.6) is 0 Å². The highest BCUT2D eigenvalue weighted by Gasteiger charge is 2.20. The van der Waals surface area contributed by atoms with Gasteiger partial charge in [-0.05, 0) is 37.8 Å². The number of carbonyl (C=O) groups is 1. The third kappa shape index (κ3) is 3.67.